The molecular formula is C10H17NO5. The zero-order chi connectivity index (χ0) is 12.9. The zero-order valence-corrected chi connectivity index (χ0v) is 9.64. The van der Waals surface area contributed by atoms with Crippen LogP contribution in [0.4, 0.5) is 0 Å². The number of carbonyl (C=O) groups is 3. The highest BCUT2D eigenvalue weighted by atomic mass is 16.4. The van der Waals surface area contributed by atoms with Crippen molar-refractivity contribution in [2.45, 2.75) is 33.2 Å². The fourth-order valence-corrected chi connectivity index (χ4v) is 1.49. The molecular weight excluding hydrogens is 214 g/mol. The average Bonchev–Trinajstić information content (AvgIpc) is 2.09. The van der Waals surface area contributed by atoms with E-state index in [1.54, 1.807) is 13.8 Å². The van der Waals surface area contributed by atoms with E-state index in [1.807, 2.05) is 0 Å². The summed E-state index contributed by atoms with van der Waals surface area (Å²) in [5.41, 5.74) is 0. The van der Waals surface area contributed by atoms with Crippen LogP contribution in [0.1, 0.15) is 27.2 Å². The van der Waals surface area contributed by atoms with Crippen molar-refractivity contribution in [1.29, 1.82) is 0 Å². The van der Waals surface area contributed by atoms with Gasteiger partial charge in [0, 0.05) is 13.5 Å². The third-order valence-electron chi connectivity index (χ3n) is 2.19. The maximum absolute atomic E-state index is 11.3. The van der Waals surface area contributed by atoms with Gasteiger partial charge in [0.15, 0.2) is 0 Å². The summed E-state index contributed by atoms with van der Waals surface area (Å²) in [6, 6.07) is -0.975. The van der Waals surface area contributed by atoms with Crippen LogP contribution < -0.4 is 0 Å². The lowest BCUT2D eigenvalue weighted by atomic mass is 10.0. The topological polar surface area (TPSA) is 94.9 Å². The van der Waals surface area contributed by atoms with Gasteiger partial charge in [-0.3, -0.25) is 9.59 Å². The number of aliphatic carboxylic acids is 2. The monoisotopic (exact) mass is 231 g/mol. The Kier molecular flexibility index (Phi) is 5.49. The second kappa shape index (κ2) is 6.09. The van der Waals surface area contributed by atoms with Crippen LogP contribution in [0, 0.1) is 5.92 Å². The van der Waals surface area contributed by atoms with E-state index < -0.39 is 23.9 Å². The second-order valence-corrected chi connectivity index (χ2v) is 3.88. The number of hydrogen-bond donors (Lipinski definition) is 2. The molecule has 0 aromatic heterocycles. The van der Waals surface area contributed by atoms with Crippen LogP contribution in [0.15, 0.2) is 0 Å². The summed E-state index contributed by atoms with van der Waals surface area (Å²) in [6.07, 6.45) is -0.254. The quantitative estimate of drug-likeness (QED) is 0.690. The minimum Gasteiger partial charge on any atom is -0.481 e. The highest BCUT2D eigenvalue weighted by molar-refractivity contribution is 5.82. The highest BCUT2D eigenvalue weighted by Crippen LogP contribution is 2.12. The molecule has 1 amide bonds. The molecule has 16 heavy (non-hydrogen) atoms. The molecule has 0 aliphatic rings. The molecule has 0 aromatic carbocycles. The molecule has 0 saturated heterocycles. The number of carboxylic acids is 2. The van der Waals surface area contributed by atoms with E-state index >= 15 is 0 Å². The Morgan fingerprint density at radius 2 is 1.69 bits per heavy atom. The summed E-state index contributed by atoms with van der Waals surface area (Å²) in [5.74, 6) is -2.87. The van der Waals surface area contributed by atoms with Crippen molar-refractivity contribution in [3.05, 3.63) is 0 Å². The van der Waals surface area contributed by atoms with Crippen molar-refractivity contribution < 1.29 is 24.6 Å². The van der Waals surface area contributed by atoms with Gasteiger partial charge in [0.25, 0.3) is 0 Å². The molecule has 6 nitrogen and oxygen atoms in total. The number of rotatable bonds is 6. The maximum Gasteiger partial charge on any atom is 0.326 e. The van der Waals surface area contributed by atoms with Crippen molar-refractivity contribution in [2.24, 2.45) is 5.92 Å². The molecule has 0 aromatic rings. The van der Waals surface area contributed by atoms with Crippen molar-refractivity contribution in [3.63, 3.8) is 0 Å². The predicted octanol–water partition coefficient (Wildman–Crippen LogP) is 0.419. The third kappa shape index (κ3) is 4.29. The molecule has 0 rings (SSSR count). The number of carboxylic acid groups (broad SMARTS) is 2. The summed E-state index contributed by atoms with van der Waals surface area (Å²) >= 11 is 0. The van der Waals surface area contributed by atoms with Crippen LogP contribution in [0.2, 0.25) is 0 Å². The number of hydrogen-bond acceptors (Lipinski definition) is 3. The summed E-state index contributed by atoms with van der Waals surface area (Å²) < 4.78 is 0. The number of carbonyl (C=O) groups excluding carboxylic acids is 1. The molecule has 2 N–H and O–H groups in total. The van der Waals surface area contributed by atoms with E-state index in [9.17, 15) is 14.4 Å². The van der Waals surface area contributed by atoms with Crippen LogP contribution in [-0.2, 0) is 14.4 Å². The van der Waals surface area contributed by atoms with Gasteiger partial charge in [-0.15, -0.1) is 0 Å². The van der Waals surface area contributed by atoms with Crippen molar-refractivity contribution in [3.8, 4) is 0 Å². The lowest BCUT2D eigenvalue weighted by molar-refractivity contribution is -0.152. The Morgan fingerprint density at radius 1 is 1.19 bits per heavy atom. The fraction of sp³-hybridized carbons (Fsp3) is 0.700. The molecule has 0 fully saturated rings. The van der Waals surface area contributed by atoms with Crippen LogP contribution in [0.25, 0.3) is 0 Å². The van der Waals surface area contributed by atoms with E-state index in [1.165, 1.54) is 6.92 Å². The van der Waals surface area contributed by atoms with Gasteiger partial charge >= 0.3 is 11.9 Å². The Labute approximate surface area is 93.9 Å². The van der Waals surface area contributed by atoms with Crippen LogP contribution >= 0.6 is 0 Å². The van der Waals surface area contributed by atoms with E-state index in [0.717, 1.165) is 4.90 Å². The predicted molar refractivity (Wildman–Crippen MR) is 55.9 cm³/mol. The largest absolute Gasteiger partial charge is 0.481 e. The van der Waals surface area contributed by atoms with Crippen LogP contribution in [-0.4, -0.2) is 45.5 Å². The van der Waals surface area contributed by atoms with Crippen LogP contribution in [0.3, 0.4) is 0 Å². The first-order valence-electron chi connectivity index (χ1n) is 4.99. The Morgan fingerprint density at radius 3 is 1.94 bits per heavy atom. The van der Waals surface area contributed by atoms with Gasteiger partial charge in [-0.1, -0.05) is 13.8 Å². The van der Waals surface area contributed by atoms with Gasteiger partial charge in [-0.25, -0.2) is 4.79 Å². The molecule has 0 radical (unpaired) electrons. The zero-order valence-electron chi connectivity index (χ0n) is 9.64. The molecule has 1 atom stereocenters. The average molecular weight is 231 g/mol. The van der Waals surface area contributed by atoms with Crippen molar-refractivity contribution in [2.75, 3.05) is 6.54 Å². The summed E-state index contributed by atoms with van der Waals surface area (Å²) in [5, 5.41) is 17.5. The Hall–Kier alpha value is -1.59. The lowest BCUT2D eigenvalue weighted by Crippen LogP contribution is -2.48. The Balaban J connectivity index is 4.78. The van der Waals surface area contributed by atoms with Gasteiger partial charge in [-0.2, -0.15) is 0 Å². The van der Waals surface area contributed by atoms with Gasteiger partial charge in [0.05, 0.1) is 6.42 Å². The van der Waals surface area contributed by atoms with Gasteiger partial charge in [-0.05, 0) is 5.92 Å². The SMILES string of the molecule is CC(=O)N(CCC(=O)O)C(C(=O)O)C(C)C. The first-order valence-corrected chi connectivity index (χ1v) is 4.99. The molecule has 0 aliphatic carbocycles. The van der Waals surface area contributed by atoms with Gasteiger partial charge < -0.3 is 15.1 Å². The number of amides is 1. The fourth-order valence-electron chi connectivity index (χ4n) is 1.49. The van der Waals surface area contributed by atoms with E-state index in [4.69, 9.17) is 10.2 Å². The minimum atomic E-state index is -1.12. The van der Waals surface area contributed by atoms with Crippen molar-refractivity contribution >= 4 is 17.8 Å². The van der Waals surface area contributed by atoms with E-state index in [0.29, 0.717) is 0 Å². The highest BCUT2D eigenvalue weighted by Gasteiger charge is 2.30. The second-order valence-electron chi connectivity index (χ2n) is 3.88. The van der Waals surface area contributed by atoms with Gasteiger partial charge in [0.1, 0.15) is 6.04 Å². The smallest absolute Gasteiger partial charge is 0.326 e. The maximum atomic E-state index is 11.3. The first-order chi connectivity index (χ1) is 7.27. The first kappa shape index (κ1) is 14.4. The molecule has 0 heterocycles. The van der Waals surface area contributed by atoms with Crippen molar-refractivity contribution in [1.82, 2.24) is 4.90 Å². The van der Waals surface area contributed by atoms with Crippen LogP contribution in [0.5, 0.6) is 0 Å². The standard InChI is InChI=1S/C10H17NO5/c1-6(2)9(10(15)16)11(7(3)12)5-4-8(13)14/h6,9H,4-5H2,1-3H3,(H,13,14)(H,15,16). The summed E-state index contributed by atoms with van der Waals surface area (Å²) in [6.45, 7) is 4.50. The van der Waals surface area contributed by atoms with E-state index in [-0.39, 0.29) is 18.9 Å². The molecule has 92 valence electrons. The third-order valence-corrected chi connectivity index (χ3v) is 2.19. The normalized spacial score (nSPS) is 12.2. The molecule has 1 unspecified atom stereocenters. The minimum absolute atomic E-state index is 0.0835. The number of nitrogens with zero attached hydrogens (tertiary/aromatic N) is 1. The summed E-state index contributed by atoms with van der Waals surface area (Å²) in [7, 11) is 0. The molecule has 0 bridgehead atoms. The summed E-state index contributed by atoms with van der Waals surface area (Å²) in [4.78, 5) is 33.8. The molecule has 0 saturated carbocycles. The Bertz CT molecular complexity index is 287. The molecule has 0 spiro atoms. The molecule has 6 heteroatoms. The van der Waals surface area contributed by atoms with Gasteiger partial charge in [0.2, 0.25) is 5.91 Å². The van der Waals surface area contributed by atoms with E-state index in [2.05, 4.69) is 0 Å². The lowest BCUT2D eigenvalue weighted by Gasteiger charge is -2.30. The molecule has 0 aliphatic heterocycles.